The molecule has 1 N–H and O–H groups in total. The molecule has 2 saturated carbocycles. The fourth-order valence-electron chi connectivity index (χ4n) is 6.01. The van der Waals surface area contributed by atoms with Crippen LogP contribution in [0, 0.1) is 23.7 Å². The summed E-state index contributed by atoms with van der Waals surface area (Å²) in [7, 11) is 0. The number of carbonyl (C=O) groups is 1. The summed E-state index contributed by atoms with van der Waals surface area (Å²) >= 11 is 0. The van der Waals surface area contributed by atoms with Crippen LogP contribution < -0.4 is 0 Å². The van der Waals surface area contributed by atoms with E-state index in [1.54, 1.807) is 6.07 Å². The van der Waals surface area contributed by atoms with Crippen LogP contribution in [0.25, 0.3) is 0 Å². The molecule has 2 nitrogen and oxygen atoms in total. The topological polar surface area (TPSA) is 37.3 Å². The molecule has 2 heteroatoms. The summed E-state index contributed by atoms with van der Waals surface area (Å²) in [5.41, 5.74) is 1.53. The summed E-state index contributed by atoms with van der Waals surface area (Å²) in [5, 5.41) is 9.49. The first-order valence-electron chi connectivity index (χ1n) is 11.9. The van der Waals surface area contributed by atoms with Crippen molar-refractivity contribution in [3.05, 3.63) is 35.4 Å². The Balaban J connectivity index is 1.42. The van der Waals surface area contributed by atoms with Crippen LogP contribution in [0.2, 0.25) is 0 Å². The van der Waals surface area contributed by atoms with E-state index in [0.717, 1.165) is 23.3 Å². The Morgan fingerprint density at radius 2 is 1.39 bits per heavy atom. The summed E-state index contributed by atoms with van der Waals surface area (Å²) in [4.78, 5) is 11.6. The maximum atomic E-state index is 11.6. The highest BCUT2D eigenvalue weighted by atomic mass is 16.4. The molecule has 0 saturated heterocycles. The van der Waals surface area contributed by atoms with Crippen molar-refractivity contribution in [2.24, 2.45) is 23.7 Å². The molecule has 1 atom stereocenters. The maximum absolute atomic E-state index is 11.6. The quantitative estimate of drug-likeness (QED) is 0.499. The zero-order valence-electron chi connectivity index (χ0n) is 18.0. The average molecular weight is 385 g/mol. The second kappa shape index (κ2) is 10.5. The molecule has 3 rings (SSSR count). The van der Waals surface area contributed by atoms with E-state index < -0.39 is 5.97 Å². The Morgan fingerprint density at radius 3 is 1.93 bits per heavy atom. The molecule has 28 heavy (non-hydrogen) atoms. The molecule has 0 bridgehead atoms. The van der Waals surface area contributed by atoms with Gasteiger partial charge in [-0.1, -0.05) is 96.3 Å². The van der Waals surface area contributed by atoms with Crippen LogP contribution in [-0.4, -0.2) is 11.1 Å². The first kappa shape index (κ1) is 21.4. The minimum Gasteiger partial charge on any atom is -0.478 e. The van der Waals surface area contributed by atoms with E-state index in [2.05, 4.69) is 13.8 Å². The minimum atomic E-state index is -0.787. The van der Waals surface area contributed by atoms with E-state index in [-0.39, 0.29) is 0 Å². The van der Waals surface area contributed by atoms with Gasteiger partial charge >= 0.3 is 5.97 Å². The van der Waals surface area contributed by atoms with Crippen LogP contribution in [0.3, 0.4) is 0 Å². The van der Waals surface area contributed by atoms with Crippen LogP contribution in [0.4, 0.5) is 0 Å². The Kier molecular flexibility index (Phi) is 8.00. The van der Waals surface area contributed by atoms with E-state index in [1.807, 2.05) is 18.2 Å². The third-order valence-corrected chi connectivity index (χ3v) is 7.93. The summed E-state index contributed by atoms with van der Waals surface area (Å²) in [6.07, 6.45) is 16.8. The summed E-state index contributed by atoms with van der Waals surface area (Å²) in [5.74, 6) is 3.12. The monoisotopic (exact) mass is 384 g/mol. The van der Waals surface area contributed by atoms with Crippen molar-refractivity contribution < 1.29 is 9.90 Å². The van der Waals surface area contributed by atoms with E-state index in [0.29, 0.717) is 17.4 Å². The van der Waals surface area contributed by atoms with E-state index >= 15 is 0 Å². The van der Waals surface area contributed by atoms with Gasteiger partial charge in [-0.3, -0.25) is 0 Å². The highest BCUT2D eigenvalue weighted by Gasteiger charge is 2.29. The molecule has 2 aliphatic carbocycles. The van der Waals surface area contributed by atoms with Crippen molar-refractivity contribution in [2.45, 2.75) is 96.8 Å². The van der Waals surface area contributed by atoms with Crippen molar-refractivity contribution in [3.63, 3.8) is 0 Å². The Hall–Kier alpha value is -1.31. The van der Waals surface area contributed by atoms with Crippen LogP contribution in [0.15, 0.2) is 24.3 Å². The average Bonchev–Trinajstić information content (AvgIpc) is 2.73. The molecule has 1 aromatic carbocycles. The van der Waals surface area contributed by atoms with Crippen LogP contribution in [0.1, 0.15) is 113 Å². The van der Waals surface area contributed by atoms with Gasteiger partial charge in [0.15, 0.2) is 0 Å². The van der Waals surface area contributed by atoms with Gasteiger partial charge in [-0.2, -0.15) is 0 Å². The highest BCUT2D eigenvalue weighted by molar-refractivity contribution is 5.89. The molecule has 0 radical (unpaired) electrons. The van der Waals surface area contributed by atoms with Gasteiger partial charge in [-0.05, 0) is 54.1 Å². The van der Waals surface area contributed by atoms with Crippen LogP contribution >= 0.6 is 0 Å². The van der Waals surface area contributed by atoms with Gasteiger partial charge in [-0.25, -0.2) is 4.79 Å². The normalized spacial score (nSPS) is 29.4. The molecule has 0 aromatic heterocycles. The molecule has 156 valence electrons. The molecule has 0 heterocycles. The number of carboxylic acids is 1. The lowest BCUT2D eigenvalue weighted by molar-refractivity contribution is 0.0694. The Labute approximate surface area is 172 Å². The van der Waals surface area contributed by atoms with E-state index in [9.17, 15) is 9.90 Å². The lowest BCUT2D eigenvalue weighted by Gasteiger charge is -2.34. The number of carboxylic acid groups (broad SMARTS) is 1. The molecular formula is C26H40O2. The van der Waals surface area contributed by atoms with Crippen molar-refractivity contribution in [2.75, 3.05) is 0 Å². The lowest BCUT2D eigenvalue weighted by Crippen LogP contribution is -2.21. The van der Waals surface area contributed by atoms with Crippen molar-refractivity contribution >= 4 is 5.97 Å². The molecular weight excluding hydrogens is 344 g/mol. The van der Waals surface area contributed by atoms with Gasteiger partial charge in [0.05, 0.1) is 5.56 Å². The fraction of sp³-hybridized carbons (Fsp3) is 0.731. The zero-order valence-corrected chi connectivity index (χ0v) is 18.0. The van der Waals surface area contributed by atoms with Gasteiger partial charge in [0.2, 0.25) is 0 Å². The first-order valence-corrected chi connectivity index (χ1v) is 11.9. The SMILES string of the molecule is CCC[C@H]1CC[C@H](CC[C@H]2CC[C@H](C(C)c3ccccc3C(=O)O)CC2)CC1. The third-order valence-electron chi connectivity index (χ3n) is 7.93. The first-order chi connectivity index (χ1) is 13.6. The van der Waals surface area contributed by atoms with Gasteiger partial charge < -0.3 is 5.11 Å². The molecule has 1 aromatic rings. The summed E-state index contributed by atoms with van der Waals surface area (Å²) in [6.45, 7) is 4.56. The standard InChI is InChI=1S/C26H40O2/c1-3-6-20-9-11-21(12-10-20)13-14-22-15-17-23(18-16-22)19(2)24-7-4-5-8-25(24)26(27)28/h4-5,7-8,19-23H,3,6,9-18H2,1-2H3,(H,27,28)/t19?,20-,21-,22-,23-. The zero-order chi connectivity index (χ0) is 19.9. The lowest BCUT2D eigenvalue weighted by atomic mass is 9.71. The van der Waals surface area contributed by atoms with Crippen molar-refractivity contribution in [1.82, 2.24) is 0 Å². The van der Waals surface area contributed by atoms with E-state index in [1.165, 1.54) is 77.0 Å². The smallest absolute Gasteiger partial charge is 0.335 e. The second-order valence-electron chi connectivity index (χ2n) is 9.71. The molecule has 1 unspecified atom stereocenters. The largest absolute Gasteiger partial charge is 0.478 e. The molecule has 2 fully saturated rings. The van der Waals surface area contributed by atoms with Crippen molar-refractivity contribution in [3.8, 4) is 0 Å². The number of hydrogen-bond acceptors (Lipinski definition) is 1. The molecule has 0 amide bonds. The highest BCUT2D eigenvalue weighted by Crippen LogP contribution is 2.41. The number of benzene rings is 1. The predicted molar refractivity (Wildman–Crippen MR) is 117 cm³/mol. The predicted octanol–water partition coefficient (Wildman–Crippen LogP) is 7.68. The van der Waals surface area contributed by atoms with Gasteiger partial charge in [0.25, 0.3) is 0 Å². The maximum Gasteiger partial charge on any atom is 0.335 e. The van der Waals surface area contributed by atoms with Crippen LogP contribution in [0.5, 0.6) is 0 Å². The summed E-state index contributed by atoms with van der Waals surface area (Å²) in [6, 6.07) is 7.61. The van der Waals surface area contributed by atoms with Gasteiger partial charge in [0.1, 0.15) is 0 Å². The molecule has 0 aliphatic heterocycles. The van der Waals surface area contributed by atoms with Gasteiger partial charge in [-0.15, -0.1) is 0 Å². The minimum absolute atomic E-state index is 0.349. The fourth-order valence-corrected chi connectivity index (χ4v) is 6.01. The molecule has 0 spiro atoms. The third kappa shape index (κ3) is 5.61. The Bertz CT molecular complexity index is 607. The number of hydrogen-bond donors (Lipinski definition) is 1. The number of rotatable bonds is 8. The summed E-state index contributed by atoms with van der Waals surface area (Å²) < 4.78 is 0. The second-order valence-corrected chi connectivity index (χ2v) is 9.71. The van der Waals surface area contributed by atoms with E-state index in [4.69, 9.17) is 0 Å². The van der Waals surface area contributed by atoms with Crippen molar-refractivity contribution in [1.29, 1.82) is 0 Å². The van der Waals surface area contributed by atoms with Gasteiger partial charge in [0, 0.05) is 0 Å². The number of aromatic carboxylic acids is 1. The Morgan fingerprint density at radius 1 is 0.893 bits per heavy atom. The van der Waals surface area contributed by atoms with Crippen LogP contribution in [-0.2, 0) is 0 Å². The molecule has 2 aliphatic rings.